The quantitative estimate of drug-likeness (QED) is 0.821. The van der Waals surface area contributed by atoms with Gasteiger partial charge in [0.05, 0.1) is 24.6 Å². The topological polar surface area (TPSA) is 79.3 Å². The average Bonchev–Trinajstić information content (AvgIpc) is 2.67. The highest BCUT2D eigenvalue weighted by Gasteiger charge is 2.37. The van der Waals surface area contributed by atoms with E-state index in [2.05, 4.69) is 0 Å². The van der Waals surface area contributed by atoms with Gasteiger partial charge in [0.2, 0.25) is 5.91 Å². The lowest BCUT2D eigenvalue weighted by atomic mass is 9.95. The predicted octanol–water partition coefficient (Wildman–Crippen LogP) is 2.42. The first-order chi connectivity index (χ1) is 13.0. The normalized spacial score (nSPS) is 21.5. The van der Waals surface area contributed by atoms with Gasteiger partial charge < -0.3 is 19.5 Å². The Morgan fingerprint density at radius 1 is 1.22 bits per heavy atom. The molecule has 0 radical (unpaired) electrons. The molecule has 2 aliphatic heterocycles. The Hall–Kier alpha value is -2.80. The highest BCUT2D eigenvalue weighted by Crippen LogP contribution is 2.47. The average molecular weight is 370 g/mol. The summed E-state index contributed by atoms with van der Waals surface area (Å²) >= 11 is 0. The van der Waals surface area contributed by atoms with E-state index in [4.69, 9.17) is 9.47 Å². The number of carbonyl (C=O) groups is 2. The lowest BCUT2D eigenvalue weighted by Gasteiger charge is -2.36. The van der Waals surface area contributed by atoms with E-state index in [0.29, 0.717) is 43.4 Å². The molecule has 2 amide bonds. The zero-order chi connectivity index (χ0) is 19.1. The predicted molar refractivity (Wildman–Crippen MR) is 98.6 cm³/mol. The van der Waals surface area contributed by atoms with Crippen molar-refractivity contribution < 1.29 is 24.2 Å². The Labute approximate surface area is 157 Å². The van der Waals surface area contributed by atoms with Crippen molar-refractivity contribution in [1.29, 1.82) is 0 Å². The van der Waals surface area contributed by atoms with Crippen LogP contribution in [0.4, 0.5) is 5.69 Å². The van der Waals surface area contributed by atoms with Crippen LogP contribution in [-0.2, 0) is 9.53 Å². The number of nitrogens with zero attached hydrogens (tertiary/aromatic N) is 2. The monoisotopic (exact) mass is 370 g/mol. The van der Waals surface area contributed by atoms with E-state index >= 15 is 0 Å². The van der Waals surface area contributed by atoms with Crippen LogP contribution in [0.15, 0.2) is 35.7 Å². The standard InChI is InChI=1S/C20H22N2O5/c1-12-4-3-5-14-18(12)27-19-15(22(14)13(2)23)6-7-16(24)17(19)20(25)21-8-10-26-11-9-21/h3,5-7,12,24H,4,8-11H2,1-2H3. The van der Waals surface area contributed by atoms with Gasteiger partial charge in [-0.3, -0.25) is 14.5 Å². The van der Waals surface area contributed by atoms with Gasteiger partial charge in [-0.05, 0) is 24.6 Å². The first kappa shape index (κ1) is 17.6. The van der Waals surface area contributed by atoms with Gasteiger partial charge in [-0.1, -0.05) is 13.0 Å². The second kappa shape index (κ2) is 6.74. The fourth-order valence-electron chi connectivity index (χ4n) is 3.71. The summed E-state index contributed by atoms with van der Waals surface area (Å²) in [6, 6.07) is 3.05. The Balaban J connectivity index is 1.85. The minimum atomic E-state index is -0.320. The van der Waals surface area contributed by atoms with Crippen LogP contribution in [0.2, 0.25) is 0 Å². The van der Waals surface area contributed by atoms with Crippen LogP contribution in [0.25, 0.3) is 0 Å². The number of phenolic OH excluding ortho intramolecular Hbond substituents is 1. The molecule has 27 heavy (non-hydrogen) atoms. The van der Waals surface area contributed by atoms with Crippen LogP contribution < -0.4 is 9.64 Å². The minimum absolute atomic E-state index is 0.0636. The number of phenols is 1. The van der Waals surface area contributed by atoms with Crippen molar-refractivity contribution in [3.63, 3.8) is 0 Å². The SMILES string of the molecule is CC(=O)N1C2=C(Oc3c1ccc(O)c3C(=O)N1CCOCC1)C(C)CC=C2. The summed E-state index contributed by atoms with van der Waals surface area (Å²) in [5.41, 5.74) is 1.24. The molecular weight excluding hydrogens is 348 g/mol. The lowest BCUT2D eigenvalue weighted by Crippen LogP contribution is -2.41. The zero-order valence-corrected chi connectivity index (χ0v) is 15.4. The molecule has 0 aromatic heterocycles. The van der Waals surface area contributed by atoms with Crippen molar-refractivity contribution in [1.82, 2.24) is 4.90 Å². The number of amides is 2. The lowest BCUT2D eigenvalue weighted by molar-refractivity contribution is -0.116. The molecule has 1 aromatic rings. The third-order valence-corrected chi connectivity index (χ3v) is 5.10. The van der Waals surface area contributed by atoms with Gasteiger partial charge in [0.25, 0.3) is 5.91 Å². The molecular formula is C20H22N2O5. The van der Waals surface area contributed by atoms with Gasteiger partial charge >= 0.3 is 0 Å². The van der Waals surface area contributed by atoms with E-state index < -0.39 is 0 Å². The van der Waals surface area contributed by atoms with Gasteiger partial charge in [-0.15, -0.1) is 0 Å². The fourth-order valence-corrected chi connectivity index (χ4v) is 3.71. The van der Waals surface area contributed by atoms with Crippen LogP contribution in [0, 0.1) is 5.92 Å². The maximum Gasteiger partial charge on any atom is 0.261 e. The number of rotatable bonds is 1. The van der Waals surface area contributed by atoms with E-state index in [-0.39, 0.29) is 34.8 Å². The van der Waals surface area contributed by atoms with E-state index in [0.717, 1.165) is 6.42 Å². The number of aromatic hydroxyl groups is 1. The maximum atomic E-state index is 13.1. The Bertz CT molecular complexity index is 867. The Morgan fingerprint density at radius 2 is 1.96 bits per heavy atom. The van der Waals surface area contributed by atoms with Crippen LogP contribution in [0.5, 0.6) is 11.5 Å². The number of fused-ring (bicyclic) bond motifs is 1. The molecule has 1 unspecified atom stereocenters. The van der Waals surface area contributed by atoms with Gasteiger partial charge in [0.1, 0.15) is 17.1 Å². The van der Waals surface area contributed by atoms with Crippen molar-refractivity contribution in [3.05, 3.63) is 41.3 Å². The summed E-state index contributed by atoms with van der Waals surface area (Å²) < 4.78 is 11.5. The van der Waals surface area contributed by atoms with Gasteiger partial charge in [0.15, 0.2) is 5.75 Å². The highest BCUT2D eigenvalue weighted by atomic mass is 16.5. The van der Waals surface area contributed by atoms with Crippen LogP contribution >= 0.6 is 0 Å². The largest absolute Gasteiger partial charge is 0.507 e. The third-order valence-electron chi connectivity index (χ3n) is 5.10. The van der Waals surface area contributed by atoms with Gasteiger partial charge in [-0.25, -0.2) is 0 Å². The van der Waals surface area contributed by atoms with E-state index in [9.17, 15) is 14.7 Å². The second-order valence-corrected chi connectivity index (χ2v) is 6.96. The summed E-state index contributed by atoms with van der Waals surface area (Å²) in [6.45, 7) is 5.30. The summed E-state index contributed by atoms with van der Waals surface area (Å²) in [5, 5.41) is 10.5. The zero-order valence-electron chi connectivity index (χ0n) is 15.4. The van der Waals surface area contributed by atoms with Crippen molar-refractivity contribution in [3.8, 4) is 11.5 Å². The molecule has 4 rings (SSSR count). The van der Waals surface area contributed by atoms with Gasteiger partial charge in [0, 0.05) is 25.9 Å². The van der Waals surface area contributed by atoms with Crippen molar-refractivity contribution in [2.24, 2.45) is 5.92 Å². The van der Waals surface area contributed by atoms with Crippen molar-refractivity contribution in [2.45, 2.75) is 20.3 Å². The smallest absolute Gasteiger partial charge is 0.261 e. The third kappa shape index (κ3) is 2.88. The maximum absolute atomic E-state index is 13.1. The molecule has 0 spiro atoms. The van der Waals surface area contributed by atoms with Crippen molar-refractivity contribution in [2.75, 3.05) is 31.2 Å². The molecule has 1 aromatic carbocycles. The number of carbonyl (C=O) groups excluding carboxylic acids is 2. The highest BCUT2D eigenvalue weighted by molar-refractivity contribution is 6.05. The molecule has 0 bridgehead atoms. The Morgan fingerprint density at radius 3 is 2.67 bits per heavy atom. The molecule has 1 N–H and O–H groups in total. The molecule has 2 heterocycles. The van der Waals surface area contributed by atoms with E-state index in [1.807, 2.05) is 19.1 Å². The molecule has 1 fully saturated rings. The fraction of sp³-hybridized carbons (Fsp3) is 0.400. The number of benzene rings is 1. The van der Waals surface area contributed by atoms with Crippen LogP contribution in [-0.4, -0.2) is 48.1 Å². The summed E-state index contributed by atoms with van der Waals surface area (Å²) in [4.78, 5) is 28.7. The molecule has 7 nitrogen and oxygen atoms in total. The Kier molecular flexibility index (Phi) is 4.39. The number of ether oxygens (including phenoxy) is 2. The number of allylic oxidation sites excluding steroid dienone is 3. The van der Waals surface area contributed by atoms with Crippen LogP contribution in [0.1, 0.15) is 30.6 Å². The second-order valence-electron chi connectivity index (χ2n) is 6.96. The van der Waals surface area contributed by atoms with E-state index in [1.54, 1.807) is 15.9 Å². The number of hydrogen-bond acceptors (Lipinski definition) is 5. The summed E-state index contributed by atoms with van der Waals surface area (Å²) in [6.07, 6.45) is 4.66. The molecule has 3 aliphatic rings. The molecule has 7 heteroatoms. The van der Waals surface area contributed by atoms with Gasteiger partial charge in [-0.2, -0.15) is 0 Å². The summed E-state index contributed by atoms with van der Waals surface area (Å²) in [5.74, 6) is 0.287. The molecule has 0 saturated carbocycles. The first-order valence-corrected chi connectivity index (χ1v) is 9.11. The number of hydrogen-bond donors (Lipinski definition) is 1. The van der Waals surface area contributed by atoms with E-state index in [1.165, 1.54) is 13.0 Å². The number of anilines is 1. The first-order valence-electron chi connectivity index (χ1n) is 9.11. The minimum Gasteiger partial charge on any atom is -0.507 e. The van der Waals surface area contributed by atoms with Crippen molar-refractivity contribution >= 4 is 17.5 Å². The molecule has 1 aliphatic carbocycles. The molecule has 1 saturated heterocycles. The molecule has 1 atom stereocenters. The molecule has 142 valence electrons. The summed E-state index contributed by atoms with van der Waals surface area (Å²) in [7, 11) is 0. The number of morpholine rings is 1. The van der Waals surface area contributed by atoms with Crippen LogP contribution in [0.3, 0.4) is 0 Å².